The van der Waals surface area contributed by atoms with Crippen molar-refractivity contribution in [3.63, 3.8) is 0 Å². The van der Waals surface area contributed by atoms with Gasteiger partial charge in [0, 0.05) is 38.5 Å². The number of carboxylic acids is 2. The second-order valence-corrected chi connectivity index (χ2v) is 7.35. The summed E-state index contributed by atoms with van der Waals surface area (Å²) < 4.78 is 0.927. The van der Waals surface area contributed by atoms with Gasteiger partial charge in [-0.25, -0.2) is 9.59 Å². The maximum atomic E-state index is 12.8. The van der Waals surface area contributed by atoms with Crippen LogP contribution < -0.4 is 5.32 Å². The van der Waals surface area contributed by atoms with E-state index in [9.17, 15) is 29.1 Å². The molecule has 3 N–H and O–H groups in total. The summed E-state index contributed by atoms with van der Waals surface area (Å²) in [5.41, 5.74) is 0.0245. The summed E-state index contributed by atoms with van der Waals surface area (Å²) in [6.45, 7) is 1.33. The molecule has 0 saturated heterocycles. The number of nitrogens with zero attached hydrogens (tertiary/aromatic N) is 4. The van der Waals surface area contributed by atoms with Crippen LogP contribution in [0.25, 0.3) is 10.9 Å². The number of hydrogen-bond acceptors (Lipinski definition) is 6. The Morgan fingerprint density at radius 3 is 2.38 bits per heavy atom. The molecule has 0 aliphatic carbocycles. The third kappa shape index (κ3) is 6.03. The van der Waals surface area contributed by atoms with Crippen LogP contribution in [0.3, 0.4) is 0 Å². The van der Waals surface area contributed by atoms with E-state index in [1.165, 1.54) is 25.1 Å². The van der Waals surface area contributed by atoms with E-state index in [-0.39, 0.29) is 37.5 Å². The highest BCUT2D eigenvalue weighted by Gasteiger charge is 2.23. The van der Waals surface area contributed by atoms with E-state index in [0.29, 0.717) is 10.9 Å². The summed E-state index contributed by atoms with van der Waals surface area (Å²) >= 11 is 0. The maximum absolute atomic E-state index is 12.8. The molecular formula is C20H25N5O7. The minimum Gasteiger partial charge on any atom is -0.481 e. The van der Waals surface area contributed by atoms with E-state index in [0.717, 1.165) is 9.58 Å². The molecule has 3 amide bonds. The molecule has 0 spiro atoms. The van der Waals surface area contributed by atoms with E-state index < -0.39 is 29.9 Å². The quantitative estimate of drug-likeness (QED) is 0.499. The van der Waals surface area contributed by atoms with E-state index in [1.54, 1.807) is 25.1 Å². The third-order valence-electron chi connectivity index (χ3n) is 4.65. The summed E-state index contributed by atoms with van der Waals surface area (Å²) in [5, 5.41) is 24.8. The Labute approximate surface area is 183 Å². The number of amides is 3. The highest BCUT2D eigenvalue weighted by Crippen LogP contribution is 2.18. The van der Waals surface area contributed by atoms with Crippen LogP contribution in [-0.4, -0.2) is 92.8 Å². The number of para-hydroxylation sites is 1. The van der Waals surface area contributed by atoms with Gasteiger partial charge in [-0.1, -0.05) is 18.2 Å². The van der Waals surface area contributed by atoms with Crippen molar-refractivity contribution < 1.29 is 34.2 Å². The number of benzene rings is 1. The van der Waals surface area contributed by atoms with Crippen molar-refractivity contribution in [1.82, 2.24) is 24.9 Å². The summed E-state index contributed by atoms with van der Waals surface area (Å²) in [7, 11) is 2.85. The Morgan fingerprint density at radius 2 is 1.75 bits per heavy atom. The number of nitrogens with one attached hydrogen (secondary N) is 1. The molecule has 2 aromatic rings. The van der Waals surface area contributed by atoms with Gasteiger partial charge in [0.05, 0.1) is 11.9 Å². The van der Waals surface area contributed by atoms with Gasteiger partial charge >= 0.3 is 18.0 Å². The molecule has 0 unspecified atom stereocenters. The van der Waals surface area contributed by atoms with E-state index >= 15 is 0 Å². The van der Waals surface area contributed by atoms with Crippen LogP contribution in [0.2, 0.25) is 0 Å². The number of likely N-dealkylation sites (N-methyl/N-ethyl adjacent to an activating group) is 1. The molecule has 1 atom stereocenters. The SMILES string of the molecule is C[C@@H](CC(=O)N(C)CCC(=O)O)NC(=O)CN(C)C(=O)n1nc(C(=O)O)c2ccccc21. The summed E-state index contributed by atoms with van der Waals surface area (Å²) in [6.07, 6.45) is -0.215. The van der Waals surface area contributed by atoms with Crippen molar-refractivity contribution in [3.05, 3.63) is 30.0 Å². The van der Waals surface area contributed by atoms with Gasteiger partial charge in [-0.05, 0) is 13.0 Å². The van der Waals surface area contributed by atoms with Gasteiger partial charge in [0.1, 0.15) is 6.54 Å². The molecule has 0 bridgehead atoms. The molecule has 12 nitrogen and oxygen atoms in total. The standard InChI is InChI=1S/C20H25N5O7/c1-12(10-16(27)23(2)9-8-17(28)29)21-15(26)11-24(3)20(32)25-14-7-5-4-6-13(14)18(22-25)19(30)31/h4-7,12H,8-11H2,1-3H3,(H,21,26)(H,28,29)(H,30,31)/t12-/m0/s1. The second-order valence-electron chi connectivity index (χ2n) is 7.35. The average Bonchev–Trinajstić information content (AvgIpc) is 3.10. The minimum absolute atomic E-state index is 0.0364. The van der Waals surface area contributed by atoms with Crippen molar-refractivity contribution in [2.45, 2.75) is 25.8 Å². The fourth-order valence-corrected chi connectivity index (χ4v) is 2.99. The largest absolute Gasteiger partial charge is 0.481 e. The Bertz CT molecular complexity index is 1050. The van der Waals surface area contributed by atoms with Gasteiger partial charge in [-0.3, -0.25) is 14.4 Å². The van der Waals surface area contributed by atoms with Crippen molar-refractivity contribution >= 4 is 40.7 Å². The summed E-state index contributed by atoms with van der Waals surface area (Å²) in [4.78, 5) is 61.5. The number of aromatic nitrogens is 2. The molecule has 1 heterocycles. The molecule has 0 saturated carbocycles. The number of carbonyl (C=O) groups is 5. The zero-order valence-corrected chi connectivity index (χ0v) is 17.9. The summed E-state index contributed by atoms with van der Waals surface area (Å²) in [6, 6.07) is 5.11. The third-order valence-corrected chi connectivity index (χ3v) is 4.65. The lowest BCUT2D eigenvalue weighted by molar-refractivity contribution is -0.138. The van der Waals surface area contributed by atoms with Crippen LogP contribution >= 0.6 is 0 Å². The fourth-order valence-electron chi connectivity index (χ4n) is 2.99. The number of aromatic carboxylic acids is 1. The molecule has 0 aliphatic rings. The Balaban J connectivity index is 1.97. The molecule has 0 radical (unpaired) electrons. The second kappa shape index (κ2) is 10.4. The number of carbonyl (C=O) groups excluding carboxylic acids is 3. The average molecular weight is 447 g/mol. The Hall–Kier alpha value is -3.96. The lowest BCUT2D eigenvalue weighted by Gasteiger charge is -2.21. The topological polar surface area (TPSA) is 162 Å². The number of hydrogen-bond donors (Lipinski definition) is 3. The predicted octanol–water partition coefficient (Wildman–Crippen LogP) is 0.462. The highest BCUT2D eigenvalue weighted by molar-refractivity contribution is 6.04. The molecule has 12 heteroatoms. The van der Waals surface area contributed by atoms with Crippen molar-refractivity contribution in [2.24, 2.45) is 0 Å². The lowest BCUT2D eigenvalue weighted by atomic mass is 10.2. The highest BCUT2D eigenvalue weighted by atomic mass is 16.4. The molecule has 0 fully saturated rings. The predicted molar refractivity (Wildman–Crippen MR) is 112 cm³/mol. The van der Waals surface area contributed by atoms with Gasteiger partial charge in [-0.15, -0.1) is 0 Å². The molecule has 172 valence electrons. The number of fused-ring (bicyclic) bond motifs is 1. The zero-order chi connectivity index (χ0) is 24.0. The fraction of sp³-hybridized carbons (Fsp3) is 0.400. The smallest absolute Gasteiger partial charge is 0.357 e. The van der Waals surface area contributed by atoms with Crippen LogP contribution in [0.1, 0.15) is 30.3 Å². The Morgan fingerprint density at radius 1 is 1.09 bits per heavy atom. The minimum atomic E-state index is -1.28. The zero-order valence-electron chi connectivity index (χ0n) is 17.9. The summed E-state index contributed by atoms with van der Waals surface area (Å²) in [5.74, 6) is -3.14. The van der Waals surface area contributed by atoms with E-state index in [2.05, 4.69) is 10.4 Å². The first-order valence-corrected chi connectivity index (χ1v) is 9.73. The van der Waals surface area contributed by atoms with Gasteiger partial charge in [0.2, 0.25) is 11.8 Å². The number of aliphatic carboxylic acids is 1. The van der Waals surface area contributed by atoms with Gasteiger partial charge in [-0.2, -0.15) is 9.78 Å². The molecule has 32 heavy (non-hydrogen) atoms. The number of carboxylic acid groups (broad SMARTS) is 2. The maximum Gasteiger partial charge on any atom is 0.357 e. The molecule has 1 aromatic heterocycles. The van der Waals surface area contributed by atoms with Gasteiger partial charge in [0.25, 0.3) is 0 Å². The van der Waals surface area contributed by atoms with Crippen molar-refractivity contribution in [3.8, 4) is 0 Å². The number of rotatable bonds is 9. The first-order chi connectivity index (χ1) is 15.0. The van der Waals surface area contributed by atoms with E-state index in [4.69, 9.17) is 5.11 Å². The van der Waals surface area contributed by atoms with Gasteiger partial charge < -0.3 is 25.3 Å². The first kappa shape index (κ1) is 24.3. The van der Waals surface area contributed by atoms with E-state index in [1.807, 2.05) is 0 Å². The van der Waals surface area contributed by atoms with Gasteiger partial charge in [0.15, 0.2) is 5.69 Å². The molecule has 0 aliphatic heterocycles. The Kier molecular flexibility index (Phi) is 7.88. The van der Waals surface area contributed by atoms with Crippen LogP contribution in [-0.2, 0) is 14.4 Å². The van der Waals surface area contributed by atoms with Crippen LogP contribution in [0.5, 0.6) is 0 Å². The monoisotopic (exact) mass is 447 g/mol. The molecular weight excluding hydrogens is 422 g/mol. The van der Waals surface area contributed by atoms with Crippen LogP contribution in [0, 0.1) is 0 Å². The van der Waals surface area contributed by atoms with Crippen molar-refractivity contribution in [2.75, 3.05) is 27.2 Å². The van der Waals surface area contributed by atoms with Crippen molar-refractivity contribution in [1.29, 1.82) is 0 Å². The normalized spacial score (nSPS) is 11.6. The lowest BCUT2D eigenvalue weighted by Crippen LogP contribution is -2.44. The van der Waals surface area contributed by atoms with Crippen LogP contribution in [0.4, 0.5) is 4.79 Å². The molecule has 1 aromatic carbocycles. The first-order valence-electron chi connectivity index (χ1n) is 9.73. The van der Waals surface area contributed by atoms with Crippen LogP contribution in [0.15, 0.2) is 24.3 Å². The molecule has 2 rings (SSSR count).